The smallest absolute Gasteiger partial charge is 0.198 e. The number of anilines is 1. The first-order valence-electron chi connectivity index (χ1n) is 7.31. The second kappa shape index (κ2) is 5.46. The normalized spacial score (nSPS) is 17.6. The van der Waals surface area contributed by atoms with Gasteiger partial charge in [-0.3, -0.25) is 9.89 Å². The first-order valence-corrected chi connectivity index (χ1v) is 7.31. The van der Waals surface area contributed by atoms with Gasteiger partial charge in [0.1, 0.15) is 17.1 Å². The number of H-pyrrole nitrogens is 1. The Bertz CT molecular complexity index is 790. The van der Waals surface area contributed by atoms with Gasteiger partial charge in [-0.25, -0.2) is 0 Å². The van der Waals surface area contributed by atoms with Crippen LogP contribution in [0.5, 0.6) is 11.5 Å². The summed E-state index contributed by atoms with van der Waals surface area (Å²) in [4.78, 5) is 12.8. The fourth-order valence-electron chi connectivity index (χ4n) is 2.53. The van der Waals surface area contributed by atoms with Gasteiger partial charge in [-0.15, -0.1) is 0 Å². The highest BCUT2D eigenvalue weighted by Gasteiger charge is 2.38. The Morgan fingerprint density at radius 2 is 2.13 bits per heavy atom. The van der Waals surface area contributed by atoms with Crippen LogP contribution in [-0.4, -0.2) is 28.7 Å². The summed E-state index contributed by atoms with van der Waals surface area (Å²) in [5.74, 6) is 1.77. The number of ether oxygens (including phenoxy) is 2. The van der Waals surface area contributed by atoms with Crippen LogP contribution >= 0.6 is 0 Å². The van der Waals surface area contributed by atoms with Crippen molar-refractivity contribution in [3.63, 3.8) is 0 Å². The van der Waals surface area contributed by atoms with Gasteiger partial charge in [0.25, 0.3) is 0 Å². The van der Waals surface area contributed by atoms with Crippen LogP contribution in [-0.2, 0) is 0 Å². The number of nitrogens with zero attached hydrogens (tertiary/aromatic N) is 1. The number of aryl methyl sites for hydroxylation is 1. The number of hydrogen-bond acceptors (Lipinski definition) is 5. The number of nitrogens with one attached hydrogen (secondary N) is 2. The lowest BCUT2D eigenvalue weighted by Gasteiger charge is -2.34. The van der Waals surface area contributed by atoms with Crippen LogP contribution < -0.4 is 14.8 Å². The molecule has 23 heavy (non-hydrogen) atoms. The summed E-state index contributed by atoms with van der Waals surface area (Å²) < 4.78 is 11.2. The number of carbonyl (C=O) groups is 1. The molecule has 0 fully saturated rings. The van der Waals surface area contributed by atoms with Gasteiger partial charge in [-0.05, 0) is 32.9 Å². The molecule has 0 spiro atoms. The third-order valence-electron chi connectivity index (χ3n) is 3.76. The highest BCUT2D eigenvalue weighted by Crippen LogP contribution is 2.38. The molecule has 2 heterocycles. The number of ketones is 1. The van der Waals surface area contributed by atoms with E-state index in [1.54, 1.807) is 31.5 Å². The molecule has 3 rings (SSSR count). The minimum atomic E-state index is -0.755. The summed E-state index contributed by atoms with van der Waals surface area (Å²) in [7, 11) is 1.58. The summed E-state index contributed by atoms with van der Waals surface area (Å²) in [6, 6.07) is 7.06. The van der Waals surface area contributed by atoms with Gasteiger partial charge in [0.2, 0.25) is 0 Å². The zero-order chi connectivity index (χ0) is 16.6. The Hall–Kier alpha value is -2.76. The van der Waals surface area contributed by atoms with Crippen LogP contribution in [0, 0.1) is 6.92 Å². The van der Waals surface area contributed by atoms with Crippen LogP contribution in [0.1, 0.15) is 29.9 Å². The molecule has 6 heteroatoms. The SMILES string of the molecule is COc1ccc2c(c1)OC(C)(C)/C(=C\Nc1cc(C)[nH]n1)C2=O. The van der Waals surface area contributed by atoms with Gasteiger partial charge >= 0.3 is 0 Å². The molecule has 1 aromatic carbocycles. The maximum Gasteiger partial charge on any atom is 0.198 e. The van der Waals surface area contributed by atoms with E-state index in [4.69, 9.17) is 9.47 Å². The minimum absolute atomic E-state index is 0.0707. The molecule has 0 atom stereocenters. The molecule has 0 bridgehead atoms. The van der Waals surface area contributed by atoms with Crippen molar-refractivity contribution in [2.45, 2.75) is 26.4 Å². The zero-order valence-electron chi connectivity index (χ0n) is 13.6. The van der Waals surface area contributed by atoms with E-state index in [-0.39, 0.29) is 5.78 Å². The summed E-state index contributed by atoms with van der Waals surface area (Å²) in [5.41, 5.74) is 1.25. The first kappa shape index (κ1) is 15.1. The van der Waals surface area contributed by atoms with Crippen molar-refractivity contribution in [2.75, 3.05) is 12.4 Å². The molecule has 1 aromatic heterocycles. The van der Waals surface area contributed by atoms with Crippen molar-refractivity contribution in [2.24, 2.45) is 0 Å². The number of Topliss-reactive ketones (excluding diaryl/α,β-unsaturated/α-hetero) is 1. The van der Waals surface area contributed by atoms with Crippen LogP contribution in [0.4, 0.5) is 5.82 Å². The molecule has 2 aromatic rings. The maximum absolute atomic E-state index is 12.8. The average Bonchev–Trinajstić information content (AvgIpc) is 2.91. The van der Waals surface area contributed by atoms with Crippen molar-refractivity contribution in [1.29, 1.82) is 0 Å². The third-order valence-corrected chi connectivity index (χ3v) is 3.76. The van der Waals surface area contributed by atoms with Gasteiger partial charge in [0, 0.05) is 24.0 Å². The second-order valence-electron chi connectivity index (χ2n) is 5.94. The molecule has 1 aliphatic rings. The number of aromatic nitrogens is 2. The second-order valence-corrected chi connectivity index (χ2v) is 5.94. The lowest BCUT2D eigenvalue weighted by Crippen LogP contribution is -2.39. The number of fused-ring (bicyclic) bond motifs is 1. The monoisotopic (exact) mass is 313 g/mol. The fourth-order valence-corrected chi connectivity index (χ4v) is 2.53. The van der Waals surface area contributed by atoms with Gasteiger partial charge in [0.05, 0.1) is 18.2 Å². The van der Waals surface area contributed by atoms with Gasteiger partial charge < -0.3 is 14.8 Å². The Labute approximate surface area is 134 Å². The zero-order valence-corrected chi connectivity index (χ0v) is 13.6. The maximum atomic E-state index is 12.8. The van der Waals surface area contributed by atoms with Gasteiger partial charge in [-0.1, -0.05) is 0 Å². The number of aromatic amines is 1. The third kappa shape index (κ3) is 2.79. The highest BCUT2D eigenvalue weighted by atomic mass is 16.5. The van der Waals surface area contributed by atoms with E-state index in [1.165, 1.54) is 0 Å². The number of carbonyl (C=O) groups excluding carboxylic acids is 1. The van der Waals surface area contributed by atoms with Crippen molar-refractivity contribution < 1.29 is 14.3 Å². The van der Waals surface area contributed by atoms with E-state index in [2.05, 4.69) is 15.5 Å². The van der Waals surface area contributed by atoms with Crippen LogP contribution in [0.2, 0.25) is 0 Å². The first-order chi connectivity index (χ1) is 10.9. The number of benzene rings is 1. The van der Waals surface area contributed by atoms with E-state index >= 15 is 0 Å². The van der Waals surface area contributed by atoms with Gasteiger partial charge in [0.15, 0.2) is 11.6 Å². The standard InChI is InChI=1S/C17H19N3O3/c1-10-7-15(20-19-10)18-9-13-16(21)12-6-5-11(22-4)8-14(12)23-17(13,2)3/h5-9H,1-4H3,(H2,18,19,20)/b13-9-. The van der Waals surface area contributed by atoms with E-state index in [0.29, 0.717) is 28.5 Å². The lowest BCUT2D eigenvalue weighted by atomic mass is 9.87. The molecule has 0 aliphatic carbocycles. The molecule has 1 aliphatic heterocycles. The quantitative estimate of drug-likeness (QED) is 0.852. The Morgan fingerprint density at radius 3 is 2.78 bits per heavy atom. The van der Waals surface area contributed by atoms with Crippen molar-refractivity contribution >= 4 is 11.6 Å². The minimum Gasteiger partial charge on any atom is -0.497 e. The van der Waals surface area contributed by atoms with Gasteiger partial charge in [-0.2, -0.15) is 5.10 Å². The van der Waals surface area contributed by atoms with E-state index in [0.717, 1.165) is 5.69 Å². The molecule has 0 unspecified atom stereocenters. The molecule has 0 saturated carbocycles. The summed E-state index contributed by atoms with van der Waals surface area (Å²) >= 11 is 0. The molecule has 0 radical (unpaired) electrons. The lowest BCUT2D eigenvalue weighted by molar-refractivity contribution is 0.0855. The van der Waals surface area contributed by atoms with Crippen LogP contribution in [0.25, 0.3) is 0 Å². The summed E-state index contributed by atoms with van der Waals surface area (Å²) in [5, 5.41) is 9.98. The summed E-state index contributed by atoms with van der Waals surface area (Å²) in [6.45, 7) is 5.63. The predicted molar refractivity (Wildman–Crippen MR) is 87.1 cm³/mol. The molecule has 2 N–H and O–H groups in total. The Balaban J connectivity index is 1.95. The van der Waals surface area contributed by atoms with E-state index < -0.39 is 5.60 Å². The molecular formula is C17H19N3O3. The van der Waals surface area contributed by atoms with E-state index in [9.17, 15) is 4.79 Å². The van der Waals surface area contributed by atoms with Crippen LogP contribution in [0.15, 0.2) is 36.0 Å². The Morgan fingerprint density at radius 1 is 1.35 bits per heavy atom. The van der Waals surface area contributed by atoms with Crippen LogP contribution in [0.3, 0.4) is 0 Å². The molecular weight excluding hydrogens is 294 g/mol. The largest absolute Gasteiger partial charge is 0.497 e. The molecule has 120 valence electrons. The van der Waals surface area contributed by atoms with E-state index in [1.807, 2.05) is 26.8 Å². The average molecular weight is 313 g/mol. The number of methoxy groups -OCH3 is 1. The van der Waals surface area contributed by atoms with Crippen molar-refractivity contribution in [1.82, 2.24) is 10.2 Å². The summed E-state index contributed by atoms with van der Waals surface area (Å²) in [6.07, 6.45) is 1.66. The molecule has 0 saturated heterocycles. The molecule has 0 amide bonds. The van der Waals surface area contributed by atoms with Crippen molar-refractivity contribution in [3.8, 4) is 11.5 Å². The number of rotatable bonds is 3. The highest BCUT2D eigenvalue weighted by molar-refractivity contribution is 6.13. The molecule has 6 nitrogen and oxygen atoms in total. The number of hydrogen-bond donors (Lipinski definition) is 2. The Kier molecular flexibility index (Phi) is 3.60. The topological polar surface area (TPSA) is 76.2 Å². The fraction of sp³-hybridized carbons (Fsp3) is 0.294. The predicted octanol–water partition coefficient (Wildman–Crippen LogP) is 3.08. The van der Waals surface area contributed by atoms with Crippen molar-refractivity contribution in [3.05, 3.63) is 47.3 Å².